The van der Waals surface area contributed by atoms with Gasteiger partial charge in [0.1, 0.15) is 47.3 Å². The van der Waals surface area contributed by atoms with Crippen LogP contribution in [0.15, 0.2) is 71.6 Å². The molecule has 3 heterocycles. The number of aliphatic hydroxyl groups is 1. The summed E-state index contributed by atoms with van der Waals surface area (Å²) in [4.78, 5) is 26.7. The number of ether oxygens (including phenoxy) is 2. The van der Waals surface area contributed by atoms with E-state index >= 15 is 0 Å². The third-order valence-electron chi connectivity index (χ3n) is 7.55. The number of nitrogens with one attached hydrogen (secondary N) is 1. The number of oxazole rings is 1. The van der Waals surface area contributed by atoms with E-state index in [0.717, 1.165) is 23.7 Å². The molecule has 1 aliphatic rings. The van der Waals surface area contributed by atoms with E-state index < -0.39 is 23.6 Å². The molecule has 1 fully saturated rings. The highest BCUT2D eigenvalue weighted by Crippen LogP contribution is 2.40. The van der Waals surface area contributed by atoms with Crippen molar-refractivity contribution < 1.29 is 32.6 Å². The third kappa shape index (κ3) is 5.84. The lowest BCUT2D eigenvalue weighted by Gasteiger charge is -2.36. The Morgan fingerprint density at radius 3 is 2.79 bits per heavy atom. The maximum absolute atomic E-state index is 14.4. The number of fused-ring (bicyclic) bond motifs is 1. The van der Waals surface area contributed by atoms with Crippen LogP contribution in [0.3, 0.4) is 0 Å². The molecule has 0 unspecified atom stereocenters. The van der Waals surface area contributed by atoms with Crippen molar-refractivity contribution in [3.05, 3.63) is 84.4 Å². The molecule has 43 heavy (non-hydrogen) atoms. The lowest BCUT2D eigenvalue weighted by molar-refractivity contribution is 0.0397. The number of amides is 1. The van der Waals surface area contributed by atoms with Crippen molar-refractivity contribution in [3.63, 3.8) is 0 Å². The Kier molecular flexibility index (Phi) is 8.12. The first-order chi connectivity index (χ1) is 20.9. The fourth-order valence-electron chi connectivity index (χ4n) is 5.65. The Labute approximate surface area is 245 Å². The molecule has 12 heteroatoms. The average Bonchev–Trinajstić information content (AvgIpc) is 3.69. The summed E-state index contributed by atoms with van der Waals surface area (Å²) in [5.74, 6) is -0.717. The van der Waals surface area contributed by atoms with Gasteiger partial charge in [-0.2, -0.15) is 0 Å². The zero-order valence-electron chi connectivity index (χ0n) is 23.2. The van der Waals surface area contributed by atoms with E-state index in [4.69, 9.17) is 18.9 Å². The number of imidazole rings is 1. The largest absolute Gasteiger partial charge is 0.490 e. The van der Waals surface area contributed by atoms with Gasteiger partial charge in [0.2, 0.25) is 5.89 Å². The Hall–Kier alpha value is -4.68. The molecule has 0 spiro atoms. The second-order valence-electron chi connectivity index (χ2n) is 10.3. The second-order valence-corrected chi connectivity index (χ2v) is 10.3. The number of hydrogen-bond donors (Lipinski definition) is 2. The van der Waals surface area contributed by atoms with Crippen LogP contribution in [0.1, 0.15) is 35.7 Å². The summed E-state index contributed by atoms with van der Waals surface area (Å²) in [6, 6.07) is 11.4. The van der Waals surface area contributed by atoms with E-state index in [2.05, 4.69) is 19.9 Å². The quantitative estimate of drug-likeness (QED) is 0.248. The highest BCUT2D eigenvalue weighted by molar-refractivity contribution is 5.94. The van der Waals surface area contributed by atoms with Crippen LogP contribution in [-0.4, -0.2) is 63.0 Å². The highest BCUT2D eigenvalue weighted by atomic mass is 19.1. The number of hydrogen-bond acceptors (Lipinski definition) is 8. The molecule has 3 aromatic heterocycles. The van der Waals surface area contributed by atoms with Gasteiger partial charge in [-0.05, 0) is 55.7 Å². The van der Waals surface area contributed by atoms with Gasteiger partial charge >= 0.3 is 0 Å². The molecule has 0 radical (unpaired) electrons. The number of aliphatic hydroxyl groups excluding tert-OH is 1. The first-order valence-electron chi connectivity index (χ1n) is 13.8. The van der Waals surface area contributed by atoms with Gasteiger partial charge in [-0.15, -0.1) is 0 Å². The van der Waals surface area contributed by atoms with Crippen LogP contribution in [0.25, 0.3) is 34.0 Å². The predicted molar refractivity (Wildman–Crippen MR) is 152 cm³/mol. The van der Waals surface area contributed by atoms with Crippen LogP contribution in [-0.2, 0) is 4.74 Å². The summed E-state index contributed by atoms with van der Waals surface area (Å²) in [6.07, 6.45) is 5.94. The molecule has 1 aliphatic carbocycles. The minimum atomic E-state index is -0.802. The topological polar surface area (TPSA) is 125 Å². The molecule has 0 bridgehead atoms. The molecule has 10 nitrogen and oxygen atoms in total. The van der Waals surface area contributed by atoms with Gasteiger partial charge in [-0.25, -0.2) is 23.7 Å². The Morgan fingerprint density at radius 1 is 1.14 bits per heavy atom. The van der Waals surface area contributed by atoms with Crippen molar-refractivity contribution in [2.75, 3.05) is 20.3 Å². The Morgan fingerprint density at radius 2 is 2.00 bits per heavy atom. The number of halogens is 2. The van der Waals surface area contributed by atoms with Gasteiger partial charge in [-0.3, -0.25) is 4.79 Å². The molecule has 3 atom stereocenters. The summed E-state index contributed by atoms with van der Waals surface area (Å²) >= 11 is 0. The smallest absolute Gasteiger partial charge is 0.254 e. The number of rotatable bonds is 9. The number of para-hydroxylation sites is 1. The Balaban J connectivity index is 1.43. The Bertz CT molecular complexity index is 1740. The summed E-state index contributed by atoms with van der Waals surface area (Å²) in [5, 5.41) is 12.3. The van der Waals surface area contributed by atoms with Crippen molar-refractivity contribution in [3.8, 4) is 28.7 Å². The molecule has 0 saturated heterocycles. The fraction of sp³-hybridized carbons (Fsp3) is 0.290. The van der Waals surface area contributed by atoms with Crippen molar-refractivity contribution in [1.82, 2.24) is 24.8 Å². The van der Waals surface area contributed by atoms with Crippen molar-refractivity contribution in [1.29, 1.82) is 0 Å². The number of carbonyl (C=O) groups is 1. The van der Waals surface area contributed by atoms with Gasteiger partial charge in [-0.1, -0.05) is 12.1 Å². The van der Waals surface area contributed by atoms with Gasteiger partial charge in [0.25, 0.3) is 5.91 Å². The van der Waals surface area contributed by atoms with Crippen LogP contribution in [0.5, 0.6) is 5.75 Å². The average molecular weight is 590 g/mol. The molecular weight excluding hydrogens is 560 g/mol. The zero-order chi connectivity index (χ0) is 29.9. The standard InChI is InChI=1S/C31H29F2N5O5/c1-41-21-14-19(36-30(40)23-12-18(32)6-7-24(23)33)13-20(15-21)38-27-16-25(31-34-8-10-43-31)35-17-26(27)37-29(38)22-4-2-3-5-28(22)42-11-9-39/h2-8,10,12,16-17,19-21,39H,9,11,13-15H2,1H3,(H,36,40)/t19-,20+,21+/m1/s1. The van der Waals surface area contributed by atoms with Crippen LogP contribution >= 0.6 is 0 Å². The maximum Gasteiger partial charge on any atom is 0.254 e. The SMILES string of the molecule is CO[C@H]1C[C@H](NC(=O)c2cc(F)ccc2F)C[C@H](n2c(-c3ccccc3OCCO)nc3cnc(-c4ncco4)cc32)C1. The third-order valence-corrected chi connectivity index (χ3v) is 7.55. The minimum Gasteiger partial charge on any atom is -0.490 e. The van der Waals surface area contributed by atoms with Gasteiger partial charge in [0.05, 0.1) is 41.7 Å². The van der Waals surface area contributed by atoms with Crippen molar-refractivity contribution >= 4 is 16.9 Å². The first-order valence-corrected chi connectivity index (χ1v) is 13.8. The normalized spacial score (nSPS) is 18.6. The van der Waals surface area contributed by atoms with Crippen molar-refractivity contribution in [2.45, 2.75) is 37.5 Å². The van der Waals surface area contributed by atoms with E-state index in [0.29, 0.717) is 53.5 Å². The van der Waals surface area contributed by atoms with Crippen molar-refractivity contribution in [2.24, 2.45) is 0 Å². The zero-order valence-corrected chi connectivity index (χ0v) is 23.2. The molecule has 1 saturated carbocycles. The van der Waals surface area contributed by atoms with E-state index in [1.807, 2.05) is 24.3 Å². The number of benzene rings is 2. The maximum atomic E-state index is 14.4. The highest BCUT2D eigenvalue weighted by Gasteiger charge is 2.34. The molecule has 2 aromatic carbocycles. The number of nitrogens with zero attached hydrogens (tertiary/aromatic N) is 4. The predicted octanol–water partition coefficient (Wildman–Crippen LogP) is 4.94. The van der Waals surface area contributed by atoms with Crippen LogP contribution in [0.2, 0.25) is 0 Å². The van der Waals surface area contributed by atoms with E-state index in [9.17, 15) is 18.7 Å². The van der Waals surface area contributed by atoms with E-state index in [1.54, 1.807) is 19.4 Å². The fourth-order valence-corrected chi connectivity index (χ4v) is 5.65. The number of methoxy groups -OCH3 is 1. The van der Waals surface area contributed by atoms with Crippen LogP contribution in [0, 0.1) is 11.6 Å². The summed E-state index contributed by atoms with van der Waals surface area (Å²) < 4.78 is 47.4. The van der Waals surface area contributed by atoms with Gasteiger partial charge in [0.15, 0.2) is 0 Å². The summed E-state index contributed by atoms with van der Waals surface area (Å²) in [6.45, 7) is -0.0490. The van der Waals surface area contributed by atoms with E-state index in [-0.39, 0.29) is 30.9 Å². The monoisotopic (exact) mass is 589 g/mol. The second kappa shape index (κ2) is 12.3. The summed E-state index contributed by atoms with van der Waals surface area (Å²) in [5.41, 5.74) is 2.22. The van der Waals surface area contributed by atoms with Crippen LogP contribution in [0.4, 0.5) is 8.78 Å². The molecule has 2 N–H and O–H groups in total. The lowest BCUT2D eigenvalue weighted by Crippen LogP contribution is -2.43. The van der Waals surface area contributed by atoms with Gasteiger partial charge in [0, 0.05) is 19.2 Å². The molecule has 222 valence electrons. The molecule has 6 rings (SSSR count). The number of carbonyl (C=O) groups excluding carboxylic acids is 1. The van der Waals surface area contributed by atoms with Gasteiger partial charge < -0.3 is 28.9 Å². The lowest BCUT2D eigenvalue weighted by atomic mass is 9.87. The first kappa shape index (κ1) is 28.4. The number of pyridine rings is 1. The van der Waals surface area contributed by atoms with Crippen LogP contribution < -0.4 is 10.1 Å². The molecular formula is C31H29F2N5O5. The molecule has 5 aromatic rings. The minimum absolute atomic E-state index is 0.104. The summed E-state index contributed by atoms with van der Waals surface area (Å²) in [7, 11) is 1.60. The number of aromatic nitrogens is 4. The van der Waals surface area contributed by atoms with E-state index in [1.165, 1.54) is 12.5 Å². The molecule has 1 amide bonds. The molecule has 0 aliphatic heterocycles.